The highest BCUT2D eigenvalue weighted by Gasteiger charge is 2.29. The number of hydrogen-bond donors (Lipinski definition) is 3. The molecule has 1 heterocycles. The molecule has 0 aromatic rings. The molecule has 114 valence electrons. The number of carbonyl (C=O) groups is 1. The molecule has 3 N–H and O–H groups in total. The zero-order valence-electron chi connectivity index (χ0n) is 12.6. The molecule has 19 heavy (non-hydrogen) atoms. The number of nitrogens with one attached hydrogen (secondary N) is 1. The van der Waals surface area contributed by atoms with Crippen molar-refractivity contribution in [1.29, 1.82) is 0 Å². The fraction of sp³-hybridized carbons (Fsp3) is 0.929. The van der Waals surface area contributed by atoms with Crippen molar-refractivity contribution in [2.45, 2.75) is 58.1 Å². The molecule has 1 aliphatic heterocycles. The first-order valence-corrected chi connectivity index (χ1v) is 7.26. The Labute approximate surface area is 117 Å². The number of rotatable bonds is 6. The molecule has 0 radical (unpaired) electrons. The highest BCUT2D eigenvalue weighted by molar-refractivity contribution is 5.72. The number of likely N-dealkylation sites (tertiary alicyclic amines) is 1. The fourth-order valence-corrected chi connectivity index (χ4v) is 2.16. The predicted molar refractivity (Wildman–Crippen MR) is 77.0 cm³/mol. The normalized spacial score (nSPS) is 22.8. The Balaban J connectivity index is 0.000000555. The van der Waals surface area contributed by atoms with Gasteiger partial charge in [0.15, 0.2) is 0 Å². The minimum atomic E-state index is -0.224. The Morgan fingerprint density at radius 1 is 1.37 bits per heavy atom. The van der Waals surface area contributed by atoms with Crippen LogP contribution < -0.4 is 5.32 Å². The molecule has 1 rings (SSSR count). The summed E-state index contributed by atoms with van der Waals surface area (Å²) in [7, 11) is 1.60. The lowest BCUT2D eigenvalue weighted by Crippen LogP contribution is -2.33. The van der Waals surface area contributed by atoms with Crippen LogP contribution in [0.1, 0.15) is 46.0 Å². The van der Waals surface area contributed by atoms with Crippen LogP contribution in [0.2, 0.25) is 0 Å². The molecule has 0 bridgehead atoms. The lowest BCUT2D eigenvalue weighted by molar-refractivity contribution is -0.118. The highest BCUT2D eigenvalue weighted by Crippen LogP contribution is 2.18. The summed E-state index contributed by atoms with van der Waals surface area (Å²) in [5, 5.41) is 20.9. The van der Waals surface area contributed by atoms with Crippen LogP contribution >= 0.6 is 0 Å². The molecule has 1 amide bonds. The second-order valence-electron chi connectivity index (χ2n) is 5.09. The van der Waals surface area contributed by atoms with Crippen molar-refractivity contribution in [2.75, 3.05) is 26.7 Å². The van der Waals surface area contributed by atoms with Gasteiger partial charge in [-0.1, -0.05) is 26.2 Å². The number of nitrogens with zero attached hydrogens (tertiary/aromatic N) is 1. The number of unbranched alkanes of at least 4 members (excludes halogenated alkanes) is 3. The number of aliphatic hydroxyl groups excluding tert-OH is 2. The summed E-state index contributed by atoms with van der Waals surface area (Å²) in [5.41, 5.74) is 0. The van der Waals surface area contributed by atoms with Crippen LogP contribution in [0.15, 0.2) is 0 Å². The minimum absolute atomic E-state index is 0.00463. The van der Waals surface area contributed by atoms with E-state index in [0.29, 0.717) is 0 Å². The zero-order valence-corrected chi connectivity index (χ0v) is 12.6. The van der Waals surface area contributed by atoms with Gasteiger partial charge < -0.3 is 15.5 Å². The van der Waals surface area contributed by atoms with Gasteiger partial charge >= 0.3 is 0 Å². The van der Waals surface area contributed by atoms with E-state index >= 15 is 0 Å². The Morgan fingerprint density at radius 3 is 2.47 bits per heavy atom. The van der Waals surface area contributed by atoms with Crippen molar-refractivity contribution >= 4 is 5.91 Å². The smallest absolute Gasteiger partial charge is 0.216 e. The Bertz CT molecular complexity index is 237. The summed E-state index contributed by atoms with van der Waals surface area (Å²) in [6.07, 6.45) is 5.52. The summed E-state index contributed by atoms with van der Waals surface area (Å²) < 4.78 is 0. The molecule has 1 saturated heterocycles. The lowest BCUT2D eigenvalue weighted by atomic mass is 10.2. The quantitative estimate of drug-likeness (QED) is 0.625. The summed E-state index contributed by atoms with van der Waals surface area (Å²) in [6.45, 7) is 5.64. The summed E-state index contributed by atoms with van der Waals surface area (Å²) >= 11 is 0. The molecule has 5 heteroatoms. The Kier molecular flexibility index (Phi) is 10.8. The third-order valence-electron chi connectivity index (χ3n) is 3.37. The first-order valence-electron chi connectivity index (χ1n) is 7.26. The molecule has 2 atom stereocenters. The molecular formula is C14H30N2O3. The van der Waals surface area contributed by atoms with Gasteiger partial charge in [-0.25, -0.2) is 0 Å². The van der Waals surface area contributed by atoms with Crippen LogP contribution in [0.4, 0.5) is 0 Å². The first-order chi connectivity index (χ1) is 9.04. The van der Waals surface area contributed by atoms with Crippen molar-refractivity contribution in [1.82, 2.24) is 10.2 Å². The van der Waals surface area contributed by atoms with Gasteiger partial charge in [-0.05, 0) is 19.4 Å². The van der Waals surface area contributed by atoms with Crippen molar-refractivity contribution in [3.05, 3.63) is 0 Å². The maximum atomic E-state index is 9.70. The largest absolute Gasteiger partial charge is 0.395 e. The van der Waals surface area contributed by atoms with Crippen LogP contribution in [0, 0.1) is 0 Å². The molecule has 2 unspecified atom stereocenters. The maximum Gasteiger partial charge on any atom is 0.216 e. The van der Waals surface area contributed by atoms with Gasteiger partial charge in [0.1, 0.15) is 0 Å². The zero-order chi connectivity index (χ0) is 14.7. The Hall–Kier alpha value is -0.650. The fourth-order valence-electron chi connectivity index (χ4n) is 2.16. The van der Waals surface area contributed by atoms with Gasteiger partial charge in [0.05, 0.1) is 12.7 Å². The molecule has 0 aromatic carbocycles. The van der Waals surface area contributed by atoms with Crippen molar-refractivity contribution in [2.24, 2.45) is 0 Å². The first kappa shape index (κ1) is 18.4. The SMILES string of the molecule is CCCCCCN1CC(O)CC1CO.CNC(C)=O. The van der Waals surface area contributed by atoms with Crippen molar-refractivity contribution in [3.8, 4) is 0 Å². The highest BCUT2D eigenvalue weighted by atomic mass is 16.3. The third-order valence-corrected chi connectivity index (χ3v) is 3.37. The third kappa shape index (κ3) is 8.97. The van der Waals surface area contributed by atoms with E-state index in [1.807, 2.05) is 0 Å². The van der Waals surface area contributed by atoms with Crippen LogP contribution in [-0.4, -0.2) is 59.9 Å². The van der Waals surface area contributed by atoms with Crippen LogP contribution in [0.5, 0.6) is 0 Å². The van der Waals surface area contributed by atoms with Gasteiger partial charge in [-0.3, -0.25) is 9.69 Å². The van der Waals surface area contributed by atoms with E-state index in [1.165, 1.54) is 32.6 Å². The predicted octanol–water partition coefficient (Wildman–Crippen LogP) is 0.747. The molecule has 1 aliphatic rings. The number of hydrogen-bond acceptors (Lipinski definition) is 4. The molecule has 0 aliphatic carbocycles. The van der Waals surface area contributed by atoms with Gasteiger partial charge in [0.25, 0.3) is 0 Å². The van der Waals surface area contributed by atoms with Crippen LogP contribution in [-0.2, 0) is 4.79 Å². The summed E-state index contributed by atoms with van der Waals surface area (Å²) in [5.74, 6) is 0.00463. The van der Waals surface area contributed by atoms with Gasteiger partial charge in [-0.2, -0.15) is 0 Å². The molecule has 1 fully saturated rings. The lowest BCUT2D eigenvalue weighted by Gasteiger charge is -2.21. The van der Waals surface area contributed by atoms with E-state index < -0.39 is 0 Å². The standard InChI is InChI=1S/C11H23NO2.C3H7NO/c1-2-3-4-5-6-12-8-11(14)7-10(12)9-13;1-3(5)4-2/h10-11,13-14H,2-9H2,1H3;1-2H3,(H,4,5). The average Bonchev–Trinajstić information content (AvgIpc) is 2.75. The van der Waals surface area contributed by atoms with Crippen LogP contribution in [0.25, 0.3) is 0 Å². The maximum absolute atomic E-state index is 9.70. The molecule has 5 nitrogen and oxygen atoms in total. The Morgan fingerprint density at radius 2 is 2.00 bits per heavy atom. The minimum Gasteiger partial charge on any atom is -0.395 e. The van der Waals surface area contributed by atoms with Crippen molar-refractivity contribution in [3.63, 3.8) is 0 Å². The van der Waals surface area contributed by atoms with E-state index in [9.17, 15) is 9.90 Å². The van der Waals surface area contributed by atoms with Gasteiger partial charge in [-0.15, -0.1) is 0 Å². The molecule has 0 saturated carbocycles. The van der Waals surface area contributed by atoms with Crippen molar-refractivity contribution < 1.29 is 15.0 Å². The van der Waals surface area contributed by atoms with Gasteiger partial charge in [0, 0.05) is 26.6 Å². The second-order valence-corrected chi connectivity index (χ2v) is 5.09. The number of aliphatic hydroxyl groups is 2. The molecule has 0 spiro atoms. The summed E-state index contributed by atoms with van der Waals surface area (Å²) in [4.78, 5) is 11.9. The van der Waals surface area contributed by atoms with E-state index in [0.717, 1.165) is 19.5 Å². The van der Waals surface area contributed by atoms with Crippen LogP contribution in [0.3, 0.4) is 0 Å². The number of amides is 1. The molecule has 0 aromatic heterocycles. The number of carbonyl (C=O) groups excluding carboxylic acids is 1. The topological polar surface area (TPSA) is 72.8 Å². The van der Waals surface area contributed by atoms with E-state index in [1.54, 1.807) is 7.05 Å². The van der Waals surface area contributed by atoms with E-state index in [2.05, 4.69) is 17.1 Å². The van der Waals surface area contributed by atoms with E-state index in [-0.39, 0.29) is 24.7 Å². The van der Waals surface area contributed by atoms with Gasteiger partial charge in [0.2, 0.25) is 5.91 Å². The van der Waals surface area contributed by atoms with E-state index in [4.69, 9.17) is 5.11 Å². The second kappa shape index (κ2) is 11.2. The monoisotopic (exact) mass is 274 g/mol. The average molecular weight is 274 g/mol. The summed E-state index contributed by atoms with van der Waals surface area (Å²) in [6, 6.07) is 0.201. The molecular weight excluding hydrogens is 244 g/mol. The number of β-amino-alcohol motifs (C(OH)–C–C–N with tert-alkyl or cyclic N) is 1.